The molecule has 3 aromatic rings. The van der Waals surface area contributed by atoms with Gasteiger partial charge in [0.1, 0.15) is 0 Å². The number of amides is 1. The van der Waals surface area contributed by atoms with Crippen molar-refractivity contribution in [2.24, 2.45) is 7.05 Å². The van der Waals surface area contributed by atoms with Gasteiger partial charge < -0.3 is 5.32 Å². The third-order valence-corrected chi connectivity index (χ3v) is 7.28. The maximum absolute atomic E-state index is 13.1. The topological polar surface area (TPSA) is 97.2 Å². The van der Waals surface area contributed by atoms with Gasteiger partial charge in [0, 0.05) is 31.5 Å². The summed E-state index contributed by atoms with van der Waals surface area (Å²) in [4.78, 5) is 17.7. The first-order chi connectivity index (χ1) is 14.3. The highest BCUT2D eigenvalue weighted by Gasteiger charge is 2.26. The first kappa shape index (κ1) is 20.5. The number of aromatic nitrogens is 3. The summed E-state index contributed by atoms with van der Waals surface area (Å²) in [6.07, 6.45) is 2.80. The molecule has 0 unspecified atom stereocenters. The van der Waals surface area contributed by atoms with Gasteiger partial charge in [-0.2, -0.15) is 9.40 Å². The highest BCUT2D eigenvalue weighted by molar-refractivity contribution is 7.89. The summed E-state index contributed by atoms with van der Waals surface area (Å²) in [5, 5.41) is 7.90. The second-order valence-corrected chi connectivity index (χ2v) is 9.60. The molecule has 4 rings (SSSR count). The first-order valence-corrected chi connectivity index (χ1v) is 11.4. The van der Waals surface area contributed by atoms with Gasteiger partial charge in [-0.1, -0.05) is 12.5 Å². The normalized spacial score (nSPS) is 15.4. The molecule has 158 valence electrons. The van der Waals surface area contributed by atoms with Crippen LogP contribution >= 0.6 is 0 Å². The zero-order chi connectivity index (χ0) is 21.5. The van der Waals surface area contributed by atoms with E-state index in [1.165, 1.54) is 10.4 Å². The Morgan fingerprint density at radius 2 is 1.83 bits per heavy atom. The van der Waals surface area contributed by atoms with Crippen molar-refractivity contribution in [3.05, 3.63) is 47.3 Å². The molecule has 1 amide bonds. The number of pyridine rings is 1. The maximum atomic E-state index is 13.1. The summed E-state index contributed by atoms with van der Waals surface area (Å²) in [5.74, 6) is -0.325. The van der Waals surface area contributed by atoms with Crippen LogP contribution in [0.3, 0.4) is 0 Å². The molecule has 1 aliphatic heterocycles. The Balaban J connectivity index is 1.65. The van der Waals surface area contributed by atoms with Crippen molar-refractivity contribution in [3.63, 3.8) is 0 Å². The fourth-order valence-corrected chi connectivity index (χ4v) is 5.50. The van der Waals surface area contributed by atoms with Crippen LogP contribution in [0.15, 0.2) is 35.2 Å². The van der Waals surface area contributed by atoms with Crippen molar-refractivity contribution in [2.75, 3.05) is 18.4 Å². The van der Waals surface area contributed by atoms with Crippen LogP contribution in [0.1, 0.15) is 41.0 Å². The van der Waals surface area contributed by atoms with Crippen molar-refractivity contribution in [1.82, 2.24) is 19.1 Å². The smallest absolute Gasteiger partial charge is 0.256 e. The van der Waals surface area contributed by atoms with Crippen LogP contribution in [0.25, 0.3) is 11.0 Å². The van der Waals surface area contributed by atoms with E-state index in [4.69, 9.17) is 0 Å². The summed E-state index contributed by atoms with van der Waals surface area (Å²) in [7, 11) is -1.78. The van der Waals surface area contributed by atoms with Crippen molar-refractivity contribution in [3.8, 4) is 0 Å². The molecular formula is C21H25N5O3S. The van der Waals surface area contributed by atoms with Crippen molar-refractivity contribution in [1.29, 1.82) is 0 Å². The molecule has 8 nitrogen and oxygen atoms in total. The Kier molecular flexibility index (Phi) is 5.33. The standard InChI is InChI=1S/C21H25N5O3S/c1-14-12-18(19-15(2)24-25(3)20(19)22-14)21(27)23-16-8-7-9-17(13-16)30(28,29)26-10-5-4-6-11-26/h7-9,12-13H,4-6,10-11H2,1-3H3,(H,23,27). The summed E-state index contributed by atoms with van der Waals surface area (Å²) in [5.41, 5.74) is 2.96. The molecule has 2 aromatic heterocycles. The van der Waals surface area contributed by atoms with Crippen LogP contribution in [-0.2, 0) is 17.1 Å². The van der Waals surface area contributed by atoms with Gasteiger partial charge in [-0.05, 0) is 51.0 Å². The van der Waals surface area contributed by atoms with Gasteiger partial charge in [-0.15, -0.1) is 0 Å². The number of nitrogens with one attached hydrogen (secondary N) is 1. The minimum atomic E-state index is -3.57. The third-order valence-electron chi connectivity index (χ3n) is 5.39. The largest absolute Gasteiger partial charge is 0.322 e. The third kappa shape index (κ3) is 3.70. The first-order valence-electron chi connectivity index (χ1n) is 10.00. The summed E-state index contributed by atoms with van der Waals surface area (Å²) in [6.45, 7) is 4.73. The lowest BCUT2D eigenvalue weighted by atomic mass is 10.1. The van der Waals surface area contributed by atoms with E-state index >= 15 is 0 Å². The zero-order valence-electron chi connectivity index (χ0n) is 17.3. The molecule has 0 spiro atoms. The van der Waals surface area contributed by atoms with Crippen LogP contribution in [0.2, 0.25) is 0 Å². The maximum Gasteiger partial charge on any atom is 0.256 e. The highest BCUT2D eigenvalue weighted by atomic mass is 32.2. The van der Waals surface area contributed by atoms with Crippen LogP contribution < -0.4 is 5.32 Å². The number of aryl methyl sites for hydroxylation is 3. The van der Waals surface area contributed by atoms with Crippen molar-refractivity contribution < 1.29 is 13.2 Å². The Labute approximate surface area is 176 Å². The van der Waals surface area contributed by atoms with E-state index in [2.05, 4.69) is 15.4 Å². The van der Waals surface area contributed by atoms with E-state index < -0.39 is 10.0 Å². The number of carbonyl (C=O) groups is 1. The van der Waals surface area contributed by atoms with Crippen LogP contribution in [0, 0.1) is 13.8 Å². The molecule has 0 atom stereocenters. The summed E-state index contributed by atoms with van der Waals surface area (Å²) >= 11 is 0. The minimum Gasteiger partial charge on any atom is -0.322 e. The number of carbonyl (C=O) groups excluding carboxylic acids is 1. The molecule has 3 heterocycles. The number of anilines is 1. The van der Waals surface area contributed by atoms with Crippen molar-refractivity contribution in [2.45, 2.75) is 38.0 Å². The Hall–Kier alpha value is -2.78. The fourth-order valence-electron chi connectivity index (χ4n) is 3.94. The predicted octanol–water partition coefficient (Wildman–Crippen LogP) is 3.01. The summed E-state index contributed by atoms with van der Waals surface area (Å²) < 4.78 is 29.1. The molecule has 1 saturated heterocycles. The number of sulfonamides is 1. The monoisotopic (exact) mass is 427 g/mol. The molecular weight excluding hydrogens is 402 g/mol. The minimum absolute atomic E-state index is 0.191. The van der Waals surface area contributed by atoms with Gasteiger partial charge in [0.2, 0.25) is 10.0 Å². The lowest BCUT2D eigenvalue weighted by Crippen LogP contribution is -2.35. The quantitative estimate of drug-likeness (QED) is 0.690. The van der Waals surface area contributed by atoms with Gasteiger partial charge >= 0.3 is 0 Å². The average molecular weight is 428 g/mol. The lowest BCUT2D eigenvalue weighted by molar-refractivity contribution is 0.102. The van der Waals surface area contributed by atoms with E-state index in [0.29, 0.717) is 46.8 Å². The zero-order valence-corrected chi connectivity index (χ0v) is 18.2. The van der Waals surface area contributed by atoms with Crippen LogP contribution in [0.4, 0.5) is 5.69 Å². The molecule has 30 heavy (non-hydrogen) atoms. The van der Waals surface area contributed by atoms with Gasteiger partial charge in [-0.3, -0.25) is 9.48 Å². The number of fused-ring (bicyclic) bond motifs is 1. The van der Waals surface area contributed by atoms with E-state index in [9.17, 15) is 13.2 Å². The molecule has 0 saturated carbocycles. The Morgan fingerprint density at radius 1 is 1.10 bits per heavy atom. The summed E-state index contributed by atoms with van der Waals surface area (Å²) in [6, 6.07) is 8.15. The Morgan fingerprint density at radius 3 is 2.57 bits per heavy atom. The SMILES string of the molecule is Cc1cc(C(=O)Nc2cccc(S(=O)(=O)N3CCCCC3)c2)c2c(C)nn(C)c2n1. The molecule has 0 radical (unpaired) electrons. The second kappa shape index (κ2) is 7.81. The molecule has 1 aliphatic rings. The number of nitrogens with zero attached hydrogens (tertiary/aromatic N) is 4. The van der Waals surface area contributed by atoms with Crippen LogP contribution in [-0.4, -0.2) is 46.5 Å². The average Bonchev–Trinajstić information content (AvgIpc) is 3.01. The second-order valence-electron chi connectivity index (χ2n) is 7.67. The van der Waals surface area contributed by atoms with Gasteiger partial charge in [0.05, 0.1) is 21.5 Å². The number of rotatable bonds is 4. The van der Waals surface area contributed by atoms with Crippen molar-refractivity contribution >= 4 is 32.7 Å². The van der Waals surface area contributed by atoms with Gasteiger partial charge in [0.25, 0.3) is 5.91 Å². The van der Waals surface area contributed by atoms with E-state index in [-0.39, 0.29) is 10.8 Å². The van der Waals surface area contributed by atoms with Gasteiger partial charge in [0.15, 0.2) is 5.65 Å². The molecule has 1 aromatic carbocycles. The van der Waals surface area contributed by atoms with E-state index in [1.807, 2.05) is 13.8 Å². The molecule has 0 aliphatic carbocycles. The lowest BCUT2D eigenvalue weighted by Gasteiger charge is -2.26. The fraction of sp³-hybridized carbons (Fsp3) is 0.381. The van der Waals surface area contributed by atoms with E-state index in [1.54, 1.807) is 36.0 Å². The number of benzene rings is 1. The molecule has 9 heteroatoms. The molecule has 0 bridgehead atoms. The van der Waals surface area contributed by atoms with Crippen LogP contribution in [0.5, 0.6) is 0 Å². The molecule has 1 N–H and O–H groups in total. The predicted molar refractivity (Wildman–Crippen MR) is 115 cm³/mol. The Bertz CT molecular complexity index is 1230. The highest BCUT2D eigenvalue weighted by Crippen LogP contribution is 2.25. The van der Waals surface area contributed by atoms with Gasteiger partial charge in [-0.25, -0.2) is 13.4 Å². The van der Waals surface area contributed by atoms with E-state index in [0.717, 1.165) is 19.3 Å². The number of hydrogen-bond acceptors (Lipinski definition) is 5. The molecule has 1 fully saturated rings. The number of piperidine rings is 1. The number of hydrogen-bond donors (Lipinski definition) is 1.